The van der Waals surface area contributed by atoms with Gasteiger partial charge in [-0.25, -0.2) is 4.68 Å². The fourth-order valence-electron chi connectivity index (χ4n) is 1.83. The summed E-state index contributed by atoms with van der Waals surface area (Å²) in [4.78, 5) is 13.7. The Bertz CT molecular complexity index is 661. The highest BCUT2D eigenvalue weighted by Gasteiger charge is 2.20. The van der Waals surface area contributed by atoms with Crippen LogP contribution in [0.1, 0.15) is 6.42 Å². The third-order valence-corrected chi connectivity index (χ3v) is 5.41. The summed E-state index contributed by atoms with van der Waals surface area (Å²) < 4.78 is 3.29. The average Bonchev–Trinajstić information content (AvgIpc) is 2.77. The Morgan fingerprint density at radius 2 is 2.10 bits per heavy atom. The Morgan fingerprint density at radius 1 is 1.35 bits per heavy atom. The largest absolute Gasteiger partial charge is 0.342 e. The molecule has 0 bridgehead atoms. The van der Waals surface area contributed by atoms with Crippen LogP contribution in [0.25, 0.3) is 5.69 Å². The molecule has 104 valence electrons. The molecule has 1 aromatic heterocycles. The molecule has 4 nitrogen and oxygen atoms in total. The number of nitrogens with zero attached hydrogens (tertiary/aromatic N) is 3. The minimum Gasteiger partial charge on any atom is -0.342 e. The number of rotatable bonds is 4. The number of hydrogen-bond acceptors (Lipinski definition) is 5. The van der Waals surface area contributed by atoms with Crippen LogP contribution in [0.3, 0.4) is 0 Å². The van der Waals surface area contributed by atoms with Crippen molar-refractivity contribution in [1.82, 2.24) is 14.7 Å². The third-order valence-electron chi connectivity index (χ3n) is 3.06. The molecule has 0 saturated carbocycles. The summed E-state index contributed by atoms with van der Waals surface area (Å²) in [6.07, 6.45) is 1.12. The van der Waals surface area contributed by atoms with Gasteiger partial charge in [-0.2, -0.15) is 0 Å². The van der Waals surface area contributed by atoms with Gasteiger partial charge in [0.25, 0.3) is 0 Å². The van der Waals surface area contributed by atoms with Gasteiger partial charge in [0.1, 0.15) is 0 Å². The van der Waals surface area contributed by atoms with Gasteiger partial charge in [0.15, 0.2) is 8.29 Å². The van der Waals surface area contributed by atoms with Gasteiger partial charge >= 0.3 is 0 Å². The molecule has 0 atom stereocenters. The smallest absolute Gasteiger partial charge is 0.233 e. The van der Waals surface area contributed by atoms with Crippen LogP contribution in [-0.4, -0.2) is 39.4 Å². The number of benzene rings is 1. The van der Waals surface area contributed by atoms with Gasteiger partial charge in [0, 0.05) is 13.1 Å². The average molecular weight is 323 g/mol. The van der Waals surface area contributed by atoms with Gasteiger partial charge < -0.3 is 4.90 Å². The van der Waals surface area contributed by atoms with Crippen molar-refractivity contribution < 1.29 is 4.79 Å². The Balaban J connectivity index is 1.69. The highest BCUT2D eigenvalue weighted by molar-refractivity contribution is 8.01. The Morgan fingerprint density at radius 3 is 2.75 bits per heavy atom. The van der Waals surface area contributed by atoms with E-state index in [1.54, 1.807) is 4.68 Å². The predicted octanol–water partition coefficient (Wildman–Crippen LogP) is 2.99. The zero-order valence-corrected chi connectivity index (χ0v) is 13.1. The van der Waals surface area contributed by atoms with E-state index in [2.05, 4.69) is 5.10 Å². The van der Waals surface area contributed by atoms with Gasteiger partial charge in [-0.05, 0) is 30.8 Å². The first kappa shape index (κ1) is 13.8. The molecular formula is C13H13N3OS3. The maximum Gasteiger partial charge on any atom is 0.233 e. The third kappa shape index (κ3) is 2.94. The first-order valence-corrected chi connectivity index (χ1v) is 8.51. The molecule has 1 saturated heterocycles. The monoisotopic (exact) mass is 323 g/mol. The number of thioether (sulfide) groups is 1. The van der Waals surface area contributed by atoms with E-state index < -0.39 is 0 Å². The lowest BCUT2D eigenvalue weighted by atomic mass is 10.2. The summed E-state index contributed by atoms with van der Waals surface area (Å²) in [6, 6.07) is 9.80. The Labute approximate surface area is 130 Å². The van der Waals surface area contributed by atoms with Crippen molar-refractivity contribution in [1.29, 1.82) is 0 Å². The number of para-hydroxylation sites is 1. The van der Waals surface area contributed by atoms with Crippen molar-refractivity contribution in [2.75, 3.05) is 18.8 Å². The molecule has 7 heteroatoms. The van der Waals surface area contributed by atoms with E-state index >= 15 is 0 Å². The molecule has 2 aromatic rings. The second-order valence-electron chi connectivity index (χ2n) is 4.40. The molecule has 2 heterocycles. The predicted molar refractivity (Wildman–Crippen MR) is 84.2 cm³/mol. The van der Waals surface area contributed by atoms with Gasteiger partial charge in [-0.1, -0.05) is 41.3 Å². The number of carbonyl (C=O) groups excluding carboxylic acids is 1. The zero-order chi connectivity index (χ0) is 13.9. The van der Waals surface area contributed by atoms with Gasteiger partial charge in [-0.3, -0.25) is 4.79 Å². The lowest BCUT2D eigenvalue weighted by Crippen LogP contribution is -2.42. The topological polar surface area (TPSA) is 38.1 Å². The number of hydrogen-bond donors (Lipinski definition) is 0. The van der Waals surface area contributed by atoms with E-state index in [0.717, 1.165) is 29.5 Å². The highest BCUT2D eigenvalue weighted by atomic mass is 32.2. The molecule has 0 radical (unpaired) electrons. The van der Waals surface area contributed by atoms with Gasteiger partial charge in [0.05, 0.1) is 11.4 Å². The van der Waals surface area contributed by atoms with Crippen molar-refractivity contribution in [2.24, 2.45) is 0 Å². The molecule has 0 N–H and O–H groups in total. The molecule has 20 heavy (non-hydrogen) atoms. The lowest BCUT2D eigenvalue weighted by molar-refractivity contribution is -0.131. The zero-order valence-electron chi connectivity index (χ0n) is 10.7. The van der Waals surface area contributed by atoms with Crippen LogP contribution in [-0.2, 0) is 4.79 Å². The molecular weight excluding hydrogens is 310 g/mol. The van der Waals surface area contributed by atoms with E-state index in [4.69, 9.17) is 12.2 Å². The van der Waals surface area contributed by atoms with E-state index in [-0.39, 0.29) is 5.91 Å². The Hall–Kier alpha value is -1.18. The summed E-state index contributed by atoms with van der Waals surface area (Å²) in [5.41, 5.74) is 0.953. The summed E-state index contributed by atoms with van der Waals surface area (Å²) in [5.74, 6) is 0.630. The normalized spacial score (nSPS) is 14.1. The highest BCUT2D eigenvalue weighted by Crippen LogP contribution is 2.24. The standard InChI is InChI=1S/C13H13N3OS3/c17-11(15-7-4-8-15)9-19-12-14-16(13(18)20-12)10-5-2-1-3-6-10/h1-3,5-6H,4,7-9H2. The number of likely N-dealkylation sites (tertiary alicyclic amines) is 1. The molecule has 1 aliphatic rings. The molecule has 0 aliphatic carbocycles. The maximum atomic E-state index is 11.8. The van der Waals surface area contributed by atoms with Gasteiger partial charge in [-0.15, -0.1) is 5.10 Å². The molecule has 1 aliphatic heterocycles. The number of aromatic nitrogens is 2. The minimum absolute atomic E-state index is 0.189. The van der Waals surface area contributed by atoms with Crippen molar-refractivity contribution in [2.45, 2.75) is 10.8 Å². The Kier molecular flexibility index (Phi) is 4.18. The van der Waals surface area contributed by atoms with Crippen LogP contribution in [0.15, 0.2) is 34.7 Å². The summed E-state index contributed by atoms with van der Waals surface area (Å²) in [6.45, 7) is 1.79. The second-order valence-corrected chi connectivity index (χ2v) is 7.25. The van der Waals surface area contributed by atoms with Crippen LogP contribution in [0.2, 0.25) is 0 Å². The van der Waals surface area contributed by atoms with Crippen molar-refractivity contribution in [3.63, 3.8) is 0 Å². The van der Waals surface area contributed by atoms with Crippen LogP contribution >= 0.6 is 35.3 Å². The van der Waals surface area contributed by atoms with Crippen molar-refractivity contribution >= 4 is 41.2 Å². The molecule has 1 aromatic carbocycles. The quantitative estimate of drug-likeness (QED) is 0.640. The van der Waals surface area contributed by atoms with E-state index in [1.807, 2.05) is 35.2 Å². The SMILES string of the molecule is O=C(CSc1nn(-c2ccccc2)c(=S)s1)N1CCC1. The van der Waals surface area contributed by atoms with Crippen molar-refractivity contribution in [3.05, 3.63) is 34.3 Å². The minimum atomic E-state index is 0.189. The van der Waals surface area contributed by atoms with E-state index in [1.165, 1.54) is 23.1 Å². The molecule has 1 amide bonds. The van der Waals surface area contributed by atoms with Gasteiger partial charge in [0.2, 0.25) is 5.91 Å². The molecule has 1 fully saturated rings. The number of amides is 1. The van der Waals surface area contributed by atoms with Crippen LogP contribution in [0.5, 0.6) is 0 Å². The summed E-state index contributed by atoms with van der Waals surface area (Å²) >= 11 is 8.24. The molecule has 0 spiro atoms. The lowest BCUT2D eigenvalue weighted by Gasteiger charge is -2.30. The van der Waals surface area contributed by atoms with E-state index in [0.29, 0.717) is 9.71 Å². The van der Waals surface area contributed by atoms with Crippen molar-refractivity contribution in [3.8, 4) is 5.69 Å². The van der Waals surface area contributed by atoms with E-state index in [9.17, 15) is 4.79 Å². The summed E-state index contributed by atoms with van der Waals surface area (Å²) in [7, 11) is 0. The van der Waals surface area contributed by atoms with Crippen LogP contribution < -0.4 is 0 Å². The summed E-state index contributed by atoms with van der Waals surface area (Å²) in [5, 5.41) is 4.48. The maximum absolute atomic E-state index is 11.8. The first-order chi connectivity index (χ1) is 9.74. The fourth-order valence-corrected chi connectivity index (χ4v) is 4.10. The first-order valence-electron chi connectivity index (χ1n) is 6.30. The molecule has 3 rings (SSSR count). The van der Waals surface area contributed by atoms with Crippen LogP contribution in [0, 0.1) is 3.95 Å². The van der Waals surface area contributed by atoms with Crippen LogP contribution in [0.4, 0.5) is 0 Å². The molecule has 0 unspecified atom stereocenters. The fraction of sp³-hybridized carbons (Fsp3) is 0.308. The second kappa shape index (κ2) is 6.07. The number of carbonyl (C=O) groups is 1.